The van der Waals surface area contributed by atoms with Gasteiger partial charge in [-0.2, -0.15) is 0 Å². The van der Waals surface area contributed by atoms with Crippen molar-refractivity contribution in [1.29, 1.82) is 0 Å². The average molecular weight is 338 g/mol. The molecule has 1 aliphatic heterocycles. The van der Waals surface area contributed by atoms with E-state index < -0.39 is 0 Å². The van der Waals surface area contributed by atoms with Gasteiger partial charge in [0.05, 0.1) is 5.92 Å². The maximum Gasteiger partial charge on any atom is 0.247 e. The van der Waals surface area contributed by atoms with Crippen LogP contribution in [0.25, 0.3) is 11.5 Å². The molecule has 0 aliphatic carbocycles. The van der Waals surface area contributed by atoms with Crippen LogP contribution in [0.3, 0.4) is 0 Å². The predicted octanol–water partition coefficient (Wildman–Crippen LogP) is 3.65. The fourth-order valence-electron chi connectivity index (χ4n) is 3.30. The van der Waals surface area contributed by atoms with Crippen molar-refractivity contribution in [2.45, 2.75) is 25.3 Å². The van der Waals surface area contributed by atoms with Gasteiger partial charge in [-0.3, -0.25) is 9.88 Å². The summed E-state index contributed by atoms with van der Waals surface area (Å²) in [5.41, 5.74) is 1.87. The third-order valence-electron chi connectivity index (χ3n) is 4.52. The SMILES string of the molecule is Fc1cccc(CN2CCC[C@H](c3nnc(-c4ccncc4)o3)C2)c1. The largest absolute Gasteiger partial charge is 0.420 e. The lowest BCUT2D eigenvalue weighted by molar-refractivity contribution is 0.186. The lowest BCUT2D eigenvalue weighted by Gasteiger charge is -2.31. The molecule has 1 aromatic carbocycles. The summed E-state index contributed by atoms with van der Waals surface area (Å²) < 4.78 is 19.3. The van der Waals surface area contributed by atoms with E-state index in [1.54, 1.807) is 24.5 Å². The first-order chi connectivity index (χ1) is 12.3. The fraction of sp³-hybridized carbons (Fsp3) is 0.316. The number of nitrogens with zero attached hydrogens (tertiary/aromatic N) is 4. The molecule has 128 valence electrons. The van der Waals surface area contributed by atoms with Crippen LogP contribution < -0.4 is 0 Å². The van der Waals surface area contributed by atoms with E-state index in [1.165, 1.54) is 6.07 Å². The van der Waals surface area contributed by atoms with E-state index in [9.17, 15) is 4.39 Å². The van der Waals surface area contributed by atoms with Crippen molar-refractivity contribution in [3.8, 4) is 11.5 Å². The van der Waals surface area contributed by atoms with E-state index in [0.717, 1.165) is 43.6 Å². The number of piperidine rings is 1. The molecule has 4 rings (SSSR count). The zero-order valence-electron chi connectivity index (χ0n) is 13.8. The van der Waals surface area contributed by atoms with Crippen molar-refractivity contribution in [3.05, 3.63) is 66.1 Å². The summed E-state index contributed by atoms with van der Waals surface area (Å²) in [5.74, 6) is 1.23. The van der Waals surface area contributed by atoms with Crippen LogP contribution in [0.2, 0.25) is 0 Å². The number of pyridine rings is 1. The molecule has 5 nitrogen and oxygen atoms in total. The Morgan fingerprint density at radius 2 is 2.04 bits per heavy atom. The van der Waals surface area contributed by atoms with Crippen LogP contribution in [0.5, 0.6) is 0 Å². The van der Waals surface area contributed by atoms with Gasteiger partial charge in [0.1, 0.15) is 5.82 Å². The second-order valence-electron chi connectivity index (χ2n) is 6.39. The number of aromatic nitrogens is 3. The molecule has 0 amide bonds. The molecule has 6 heteroatoms. The van der Waals surface area contributed by atoms with Crippen LogP contribution in [-0.4, -0.2) is 33.2 Å². The lowest BCUT2D eigenvalue weighted by Crippen LogP contribution is -2.34. The molecule has 0 saturated carbocycles. The smallest absolute Gasteiger partial charge is 0.247 e. The third kappa shape index (κ3) is 3.74. The maximum absolute atomic E-state index is 13.4. The highest BCUT2D eigenvalue weighted by Gasteiger charge is 2.26. The zero-order valence-corrected chi connectivity index (χ0v) is 13.8. The molecule has 1 fully saturated rings. The van der Waals surface area contributed by atoms with Crippen molar-refractivity contribution in [3.63, 3.8) is 0 Å². The second-order valence-corrected chi connectivity index (χ2v) is 6.39. The molecule has 1 aliphatic rings. The normalized spacial score (nSPS) is 18.4. The van der Waals surface area contributed by atoms with Crippen molar-refractivity contribution in [2.75, 3.05) is 13.1 Å². The summed E-state index contributed by atoms with van der Waals surface area (Å²) >= 11 is 0. The Hall–Kier alpha value is -2.60. The highest BCUT2D eigenvalue weighted by Crippen LogP contribution is 2.29. The van der Waals surface area contributed by atoms with Gasteiger partial charge < -0.3 is 4.42 Å². The standard InChI is InChI=1S/C19H19FN4O/c20-17-5-1-3-14(11-17)12-24-10-2-4-16(13-24)19-23-22-18(25-19)15-6-8-21-9-7-15/h1,3,5-9,11,16H,2,4,10,12-13H2/t16-/m0/s1. The second kappa shape index (κ2) is 7.11. The van der Waals surface area contributed by atoms with E-state index in [0.29, 0.717) is 11.8 Å². The minimum atomic E-state index is -0.190. The summed E-state index contributed by atoms with van der Waals surface area (Å²) in [5, 5.41) is 8.42. The van der Waals surface area contributed by atoms with Gasteiger partial charge in [-0.05, 0) is 49.2 Å². The highest BCUT2D eigenvalue weighted by atomic mass is 19.1. The molecule has 1 saturated heterocycles. The Labute approximate surface area is 145 Å². The van der Waals surface area contributed by atoms with E-state index in [2.05, 4.69) is 20.1 Å². The Morgan fingerprint density at radius 3 is 2.88 bits per heavy atom. The number of hydrogen-bond donors (Lipinski definition) is 0. The van der Waals surface area contributed by atoms with Crippen molar-refractivity contribution >= 4 is 0 Å². The molecular formula is C19H19FN4O. The van der Waals surface area contributed by atoms with Crippen molar-refractivity contribution in [1.82, 2.24) is 20.1 Å². The van der Waals surface area contributed by atoms with Crippen molar-refractivity contribution < 1.29 is 8.81 Å². The number of hydrogen-bond acceptors (Lipinski definition) is 5. The number of rotatable bonds is 4. The van der Waals surface area contributed by atoms with Gasteiger partial charge in [-0.25, -0.2) is 4.39 Å². The fourth-order valence-corrected chi connectivity index (χ4v) is 3.30. The topological polar surface area (TPSA) is 55.1 Å². The van der Waals surface area contributed by atoms with E-state index >= 15 is 0 Å². The van der Waals surface area contributed by atoms with Crippen LogP contribution >= 0.6 is 0 Å². The number of likely N-dealkylation sites (tertiary alicyclic amines) is 1. The molecule has 0 spiro atoms. The Morgan fingerprint density at radius 1 is 1.16 bits per heavy atom. The Bertz CT molecular complexity index is 836. The molecule has 2 aromatic heterocycles. The molecular weight excluding hydrogens is 319 g/mol. The quantitative estimate of drug-likeness (QED) is 0.727. The van der Waals surface area contributed by atoms with E-state index in [4.69, 9.17) is 4.42 Å². The molecule has 0 N–H and O–H groups in total. The Kier molecular flexibility index (Phi) is 4.52. The van der Waals surface area contributed by atoms with Crippen LogP contribution in [-0.2, 0) is 6.54 Å². The molecule has 0 unspecified atom stereocenters. The monoisotopic (exact) mass is 338 g/mol. The Balaban J connectivity index is 1.45. The molecule has 25 heavy (non-hydrogen) atoms. The molecule has 3 heterocycles. The van der Waals surface area contributed by atoms with Crippen LogP contribution in [0.4, 0.5) is 4.39 Å². The summed E-state index contributed by atoms with van der Waals surface area (Å²) in [7, 11) is 0. The van der Waals surface area contributed by atoms with Crippen LogP contribution in [0, 0.1) is 5.82 Å². The predicted molar refractivity (Wildman–Crippen MR) is 91.2 cm³/mol. The average Bonchev–Trinajstić information content (AvgIpc) is 3.13. The maximum atomic E-state index is 13.4. The molecule has 1 atom stereocenters. The summed E-state index contributed by atoms with van der Waals surface area (Å²) in [4.78, 5) is 6.32. The molecule has 0 bridgehead atoms. The van der Waals surface area contributed by atoms with Crippen molar-refractivity contribution in [2.24, 2.45) is 0 Å². The first kappa shape index (κ1) is 15.9. The molecule has 0 radical (unpaired) electrons. The lowest BCUT2D eigenvalue weighted by atomic mass is 9.97. The van der Waals surface area contributed by atoms with Gasteiger partial charge in [0, 0.05) is 31.0 Å². The minimum absolute atomic E-state index is 0.190. The zero-order chi connectivity index (χ0) is 17.1. The van der Waals surface area contributed by atoms with Gasteiger partial charge in [-0.1, -0.05) is 12.1 Å². The van der Waals surface area contributed by atoms with Gasteiger partial charge >= 0.3 is 0 Å². The molecule has 3 aromatic rings. The van der Waals surface area contributed by atoms with Gasteiger partial charge in [0.2, 0.25) is 11.8 Å². The first-order valence-electron chi connectivity index (χ1n) is 8.48. The van der Waals surface area contributed by atoms with Gasteiger partial charge in [0.25, 0.3) is 0 Å². The highest BCUT2D eigenvalue weighted by molar-refractivity contribution is 5.50. The third-order valence-corrected chi connectivity index (χ3v) is 4.52. The number of benzene rings is 1. The number of halogens is 1. The summed E-state index contributed by atoms with van der Waals surface area (Å²) in [6.07, 6.45) is 5.51. The van der Waals surface area contributed by atoms with Crippen LogP contribution in [0.1, 0.15) is 30.2 Å². The summed E-state index contributed by atoms with van der Waals surface area (Å²) in [6, 6.07) is 10.5. The minimum Gasteiger partial charge on any atom is -0.420 e. The first-order valence-corrected chi connectivity index (χ1v) is 8.48. The van der Waals surface area contributed by atoms with E-state index in [1.807, 2.05) is 18.2 Å². The van der Waals surface area contributed by atoms with E-state index in [-0.39, 0.29) is 11.7 Å². The summed E-state index contributed by atoms with van der Waals surface area (Å²) in [6.45, 7) is 2.58. The van der Waals surface area contributed by atoms with Crippen LogP contribution in [0.15, 0.2) is 53.2 Å². The van der Waals surface area contributed by atoms with Gasteiger partial charge in [-0.15, -0.1) is 10.2 Å². The van der Waals surface area contributed by atoms with Gasteiger partial charge in [0.15, 0.2) is 0 Å².